The Bertz CT molecular complexity index is 619. The fourth-order valence-electron chi connectivity index (χ4n) is 2.20. The molecule has 2 N–H and O–H groups in total. The average Bonchev–Trinajstić information content (AvgIpc) is 2.46. The van der Waals surface area contributed by atoms with Crippen LogP contribution in [0.3, 0.4) is 0 Å². The summed E-state index contributed by atoms with van der Waals surface area (Å²) < 4.78 is 6.17. The maximum absolute atomic E-state index is 12.4. The van der Waals surface area contributed by atoms with Gasteiger partial charge in [0.1, 0.15) is 6.61 Å². The van der Waals surface area contributed by atoms with Crippen LogP contribution in [0.2, 0.25) is 0 Å². The number of benzene rings is 1. The smallest absolute Gasteiger partial charge is 0.338 e. The summed E-state index contributed by atoms with van der Waals surface area (Å²) in [6.07, 6.45) is 1.95. The molecule has 1 aromatic rings. The SMILES string of the molecule is CSCCOC(=O)C1=C(C)NC(=O)NC1c1cccc(Br)c1. The van der Waals surface area contributed by atoms with E-state index in [4.69, 9.17) is 4.74 Å². The molecule has 1 heterocycles. The van der Waals surface area contributed by atoms with Gasteiger partial charge in [0.25, 0.3) is 0 Å². The van der Waals surface area contributed by atoms with Crippen LogP contribution in [-0.4, -0.2) is 30.6 Å². The van der Waals surface area contributed by atoms with Gasteiger partial charge in [0.2, 0.25) is 0 Å². The quantitative estimate of drug-likeness (QED) is 0.604. The highest BCUT2D eigenvalue weighted by molar-refractivity contribution is 9.10. The van der Waals surface area contributed by atoms with Gasteiger partial charge in [-0.05, 0) is 30.9 Å². The number of urea groups is 1. The lowest BCUT2D eigenvalue weighted by Crippen LogP contribution is -2.45. The summed E-state index contributed by atoms with van der Waals surface area (Å²) in [5, 5.41) is 5.40. The molecule has 0 saturated carbocycles. The van der Waals surface area contributed by atoms with Crippen molar-refractivity contribution in [1.29, 1.82) is 0 Å². The number of carbonyl (C=O) groups is 2. The van der Waals surface area contributed by atoms with Crippen LogP contribution in [0.1, 0.15) is 18.5 Å². The first-order valence-electron chi connectivity index (χ1n) is 6.72. The van der Waals surface area contributed by atoms with Crippen molar-refractivity contribution in [1.82, 2.24) is 10.6 Å². The molecule has 1 aliphatic heterocycles. The van der Waals surface area contributed by atoms with Gasteiger partial charge in [-0.25, -0.2) is 9.59 Å². The summed E-state index contributed by atoms with van der Waals surface area (Å²) in [5.74, 6) is 0.323. The second kappa shape index (κ2) is 7.69. The van der Waals surface area contributed by atoms with Gasteiger partial charge in [-0.1, -0.05) is 28.1 Å². The first-order valence-corrected chi connectivity index (χ1v) is 8.91. The molecule has 0 aromatic heterocycles. The minimum Gasteiger partial charge on any atom is -0.461 e. The molecule has 1 atom stereocenters. The monoisotopic (exact) mass is 384 g/mol. The number of hydrogen-bond acceptors (Lipinski definition) is 4. The summed E-state index contributed by atoms with van der Waals surface area (Å²) >= 11 is 5.01. The van der Waals surface area contributed by atoms with Gasteiger partial charge >= 0.3 is 12.0 Å². The van der Waals surface area contributed by atoms with Gasteiger partial charge in [0.05, 0.1) is 11.6 Å². The van der Waals surface area contributed by atoms with E-state index in [9.17, 15) is 9.59 Å². The maximum atomic E-state index is 12.4. The number of thioether (sulfide) groups is 1. The number of amides is 2. The van der Waals surface area contributed by atoms with Crippen LogP contribution in [-0.2, 0) is 9.53 Å². The minimum absolute atomic E-state index is 0.330. The zero-order valence-electron chi connectivity index (χ0n) is 12.3. The predicted octanol–water partition coefficient (Wildman–Crippen LogP) is 2.98. The second-order valence-electron chi connectivity index (χ2n) is 4.75. The third kappa shape index (κ3) is 4.04. The molecule has 0 radical (unpaired) electrons. The van der Waals surface area contributed by atoms with Crippen LogP contribution in [0.5, 0.6) is 0 Å². The Labute approximate surface area is 142 Å². The topological polar surface area (TPSA) is 67.4 Å². The minimum atomic E-state index is -0.520. The van der Waals surface area contributed by atoms with Gasteiger partial charge in [-0.2, -0.15) is 11.8 Å². The summed E-state index contributed by atoms with van der Waals surface area (Å²) in [4.78, 5) is 24.1. The molecule has 2 amide bonds. The Morgan fingerprint density at radius 1 is 1.45 bits per heavy atom. The van der Waals surface area contributed by atoms with Crippen molar-refractivity contribution >= 4 is 39.7 Å². The van der Waals surface area contributed by atoms with Crippen LogP contribution >= 0.6 is 27.7 Å². The van der Waals surface area contributed by atoms with Crippen LogP contribution in [0.4, 0.5) is 4.79 Å². The lowest BCUT2D eigenvalue weighted by atomic mass is 9.96. The summed E-state index contributed by atoms with van der Waals surface area (Å²) in [5.41, 5.74) is 1.77. The second-order valence-corrected chi connectivity index (χ2v) is 6.66. The third-order valence-electron chi connectivity index (χ3n) is 3.19. The summed E-state index contributed by atoms with van der Waals surface area (Å²) in [7, 11) is 0. The van der Waals surface area contributed by atoms with Crippen molar-refractivity contribution in [2.75, 3.05) is 18.6 Å². The van der Waals surface area contributed by atoms with E-state index in [2.05, 4.69) is 26.6 Å². The number of hydrogen-bond donors (Lipinski definition) is 2. The van der Waals surface area contributed by atoms with Gasteiger partial charge in [0, 0.05) is 15.9 Å². The van der Waals surface area contributed by atoms with E-state index < -0.39 is 12.0 Å². The fourth-order valence-corrected chi connectivity index (χ4v) is 2.86. The Morgan fingerprint density at radius 2 is 2.23 bits per heavy atom. The van der Waals surface area contributed by atoms with Crippen molar-refractivity contribution in [2.45, 2.75) is 13.0 Å². The van der Waals surface area contributed by atoms with Crippen LogP contribution in [0.15, 0.2) is 40.0 Å². The van der Waals surface area contributed by atoms with Crippen molar-refractivity contribution in [3.05, 3.63) is 45.6 Å². The molecule has 0 bridgehead atoms. The number of allylic oxidation sites excluding steroid dienone is 1. The molecule has 5 nitrogen and oxygen atoms in total. The predicted molar refractivity (Wildman–Crippen MR) is 90.6 cm³/mol. The van der Waals surface area contributed by atoms with Crippen LogP contribution < -0.4 is 10.6 Å². The molecule has 1 unspecified atom stereocenters. The summed E-state index contributed by atoms with van der Waals surface area (Å²) in [6, 6.07) is 6.64. The molecule has 0 fully saturated rings. The number of halogens is 1. The lowest BCUT2D eigenvalue weighted by molar-refractivity contribution is -0.138. The van der Waals surface area contributed by atoms with E-state index in [1.54, 1.807) is 18.7 Å². The van der Waals surface area contributed by atoms with E-state index in [1.807, 2.05) is 30.5 Å². The van der Waals surface area contributed by atoms with Crippen molar-refractivity contribution in [3.63, 3.8) is 0 Å². The zero-order valence-corrected chi connectivity index (χ0v) is 14.7. The summed E-state index contributed by atoms with van der Waals surface area (Å²) in [6.45, 7) is 2.05. The zero-order chi connectivity index (χ0) is 16.1. The largest absolute Gasteiger partial charge is 0.461 e. The van der Waals surface area contributed by atoms with E-state index in [0.717, 1.165) is 15.8 Å². The van der Waals surface area contributed by atoms with Gasteiger partial charge in [-0.15, -0.1) is 0 Å². The average molecular weight is 385 g/mol. The van der Waals surface area contributed by atoms with E-state index in [1.165, 1.54) is 0 Å². The van der Waals surface area contributed by atoms with Gasteiger partial charge in [-0.3, -0.25) is 0 Å². The highest BCUT2D eigenvalue weighted by Gasteiger charge is 2.32. The molecule has 118 valence electrons. The first kappa shape index (κ1) is 16.9. The molecule has 0 spiro atoms. The maximum Gasteiger partial charge on any atom is 0.338 e. The molecule has 1 aromatic carbocycles. The highest BCUT2D eigenvalue weighted by Crippen LogP contribution is 2.29. The molecular formula is C15H17BrN2O3S. The van der Waals surface area contributed by atoms with Crippen LogP contribution in [0.25, 0.3) is 0 Å². The first-order chi connectivity index (χ1) is 10.5. The molecular weight excluding hydrogens is 368 g/mol. The number of rotatable bonds is 5. The standard InChI is InChI=1S/C15H17BrN2O3S/c1-9-12(14(19)21-6-7-22-2)13(18-15(20)17-9)10-4-3-5-11(16)8-10/h3-5,8,13H,6-7H2,1-2H3,(H2,17,18,20). The molecule has 0 aliphatic carbocycles. The Kier molecular flexibility index (Phi) is 5.90. The van der Waals surface area contributed by atoms with Crippen molar-refractivity contribution in [2.24, 2.45) is 0 Å². The molecule has 0 saturated heterocycles. The fraction of sp³-hybridized carbons (Fsp3) is 0.333. The normalized spacial score (nSPS) is 17.8. The number of carbonyl (C=O) groups excluding carboxylic acids is 2. The number of nitrogens with one attached hydrogen (secondary N) is 2. The van der Waals surface area contributed by atoms with Crippen molar-refractivity contribution in [3.8, 4) is 0 Å². The molecule has 2 rings (SSSR count). The highest BCUT2D eigenvalue weighted by atomic mass is 79.9. The third-order valence-corrected chi connectivity index (χ3v) is 4.26. The Morgan fingerprint density at radius 3 is 2.91 bits per heavy atom. The van der Waals surface area contributed by atoms with Gasteiger partial charge in [0.15, 0.2) is 0 Å². The van der Waals surface area contributed by atoms with Crippen LogP contribution in [0, 0.1) is 0 Å². The van der Waals surface area contributed by atoms with E-state index >= 15 is 0 Å². The lowest BCUT2D eigenvalue weighted by Gasteiger charge is -2.28. The number of esters is 1. The Balaban J connectivity index is 2.30. The molecule has 7 heteroatoms. The van der Waals surface area contributed by atoms with Gasteiger partial charge < -0.3 is 15.4 Å². The number of ether oxygens (including phenoxy) is 1. The molecule has 22 heavy (non-hydrogen) atoms. The van der Waals surface area contributed by atoms with E-state index in [0.29, 0.717) is 17.9 Å². The Hall–Kier alpha value is -1.47. The molecule has 1 aliphatic rings. The van der Waals surface area contributed by atoms with E-state index in [-0.39, 0.29) is 6.03 Å². The van der Waals surface area contributed by atoms with Crippen molar-refractivity contribution < 1.29 is 14.3 Å².